The molecule has 7 heteroatoms. The Morgan fingerprint density at radius 1 is 1.30 bits per heavy atom. The second-order valence-electron chi connectivity index (χ2n) is 5.61. The monoisotopic (exact) mass is 299 g/mol. The van der Waals surface area contributed by atoms with Gasteiger partial charge in [-0.2, -0.15) is 0 Å². The van der Waals surface area contributed by atoms with E-state index in [2.05, 4.69) is 4.98 Å². The number of benzene rings is 1. The lowest BCUT2D eigenvalue weighted by molar-refractivity contribution is -0.870. The van der Waals surface area contributed by atoms with Crippen molar-refractivity contribution in [3.8, 4) is 5.75 Å². The van der Waals surface area contributed by atoms with Crippen LogP contribution in [0.3, 0.4) is 0 Å². The maximum absolute atomic E-state index is 11.9. The standard InChI is InChI=1S/C13H19N2O4P/c1-15(2,3)8-9-18-20(16,17)19-13-10-14-12-7-5-4-6-11(12)13/h4-7,10,14H,8-9H2,1-3H3/p+1. The van der Waals surface area contributed by atoms with E-state index in [4.69, 9.17) is 9.05 Å². The van der Waals surface area contributed by atoms with Crippen LogP contribution in [-0.2, 0) is 9.09 Å². The quantitative estimate of drug-likeness (QED) is 0.634. The Morgan fingerprint density at radius 2 is 2.00 bits per heavy atom. The second kappa shape index (κ2) is 5.58. The van der Waals surface area contributed by atoms with Gasteiger partial charge in [0.25, 0.3) is 0 Å². The summed E-state index contributed by atoms with van der Waals surface area (Å²) >= 11 is 0. The molecule has 0 radical (unpaired) electrons. The normalized spacial score (nSPS) is 15.2. The summed E-state index contributed by atoms with van der Waals surface area (Å²) in [6.07, 6.45) is 1.55. The van der Waals surface area contributed by atoms with E-state index < -0.39 is 7.82 Å². The van der Waals surface area contributed by atoms with Gasteiger partial charge in [0.1, 0.15) is 13.2 Å². The maximum Gasteiger partial charge on any atom is 0.527 e. The van der Waals surface area contributed by atoms with Crippen LogP contribution < -0.4 is 4.52 Å². The van der Waals surface area contributed by atoms with Crippen LogP contribution in [0.5, 0.6) is 5.75 Å². The van der Waals surface area contributed by atoms with E-state index in [1.165, 1.54) is 0 Å². The van der Waals surface area contributed by atoms with Gasteiger partial charge in [-0.05, 0) is 12.1 Å². The Morgan fingerprint density at radius 3 is 2.70 bits per heavy atom. The highest BCUT2D eigenvalue weighted by Gasteiger charge is 2.25. The van der Waals surface area contributed by atoms with Gasteiger partial charge in [0.2, 0.25) is 0 Å². The van der Waals surface area contributed by atoms with E-state index in [1.807, 2.05) is 45.4 Å². The first kappa shape index (κ1) is 15.1. The van der Waals surface area contributed by atoms with Crippen LogP contribution in [0.2, 0.25) is 0 Å². The number of hydrogen-bond donors (Lipinski definition) is 2. The first-order valence-corrected chi connectivity index (χ1v) is 7.80. The molecule has 0 aliphatic carbocycles. The molecule has 1 atom stereocenters. The van der Waals surface area contributed by atoms with Gasteiger partial charge in [0.05, 0.1) is 21.1 Å². The number of likely N-dealkylation sites (N-methyl/N-ethyl adjacent to an activating group) is 1. The predicted octanol–water partition coefficient (Wildman–Crippen LogP) is 2.37. The summed E-state index contributed by atoms with van der Waals surface area (Å²) in [6, 6.07) is 7.39. The molecule has 0 amide bonds. The lowest BCUT2D eigenvalue weighted by atomic mass is 10.2. The first-order valence-electron chi connectivity index (χ1n) is 6.30. The SMILES string of the molecule is C[N+](C)(C)CCOP(=O)(O)Oc1c[nH]c2ccccc12. The number of rotatable bonds is 6. The van der Waals surface area contributed by atoms with Crippen LogP contribution in [0.4, 0.5) is 0 Å². The first-order chi connectivity index (χ1) is 9.27. The van der Waals surface area contributed by atoms with Crippen molar-refractivity contribution in [2.24, 2.45) is 0 Å². The number of phosphoric ester groups is 1. The van der Waals surface area contributed by atoms with Gasteiger partial charge in [-0.3, -0.25) is 9.42 Å². The Kier molecular flexibility index (Phi) is 4.20. The van der Waals surface area contributed by atoms with Crippen LogP contribution in [0.25, 0.3) is 10.9 Å². The highest BCUT2D eigenvalue weighted by molar-refractivity contribution is 7.47. The van der Waals surface area contributed by atoms with Crippen LogP contribution in [0.15, 0.2) is 30.5 Å². The molecule has 1 aromatic heterocycles. The van der Waals surface area contributed by atoms with E-state index >= 15 is 0 Å². The van der Waals surface area contributed by atoms with Gasteiger partial charge in [0, 0.05) is 17.1 Å². The number of nitrogens with one attached hydrogen (secondary N) is 1. The molecule has 0 aliphatic rings. The zero-order valence-electron chi connectivity index (χ0n) is 11.9. The summed E-state index contributed by atoms with van der Waals surface area (Å²) in [5.74, 6) is 0.316. The molecule has 0 fully saturated rings. The number of para-hydroxylation sites is 1. The molecule has 0 saturated heterocycles. The average Bonchev–Trinajstić information content (AvgIpc) is 2.70. The lowest BCUT2D eigenvalue weighted by Gasteiger charge is -2.23. The van der Waals surface area contributed by atoms with Gasteiger partial charge in [-0.15, -0.1) is 0 Å². The molecule has 1 heterocycles. The Labute approximate surface area is 118 Å². The van der Waals surface area contributed by atoms with E-state index in [9.17, 15) is 9.46 Å². The number of nitrogens with zero attached hydrogens (tertiary/aromatic N) is 1. The number of aromatic nitrogens is 1. The molecule has 0 spiro atoms. The topological polar surface area (TPSA) is 71.6 Å². The summed E-state index contributed by atoms with van der Waals surface area (Å²) in [5, 5.41) is 0.747. The number of hydrogen-bond acceptors (Lipinski definition) is 3. The summed E-state index contributed by atoms with van der Waals surface area (Å²) < 4.78 is 22.7. The number of aromatic amines is 1. The highest BCUT2D eigenvalue weighted by Crippen LogP contribution is 2.45. The molecule has 0 saturated carbocycles. The van der Waals surface area contributed by atoms with Gasteiger partial charge < -0.3 is 14.0 Å². The second-order valence-corrected chi connectivity index (χ2v) is 6.98. The fraction of sp³-hybridized carbons (Fsp3) is 0.385. The largest absolute Gasteiger partial charge is 0.527 e. The summed E-state index contributed by atoms with van der Waals surface area (Å²) in [6.45, 7) is 0.765. The Hall–Kier alpha value is -1.33. The third-order valence-corrected chi connectivity index (χ3v) is 3.72. The Balaban J connectivity index is 2.03. The van der Waals surface area contributed by atoms with E-state index in [0.717, 1.165) is 10.9 Å². The molecule has 1 aromatic carbocycles. The third-order valence-electron chi connectivity index (χ3n) is 2.78. The van der Waals surface area contributed by atoms with Gasteiger partial charge in [-0.25, -0.2) is 4.57 Å². The van der Waals surface area contributed by atoms with Gasteiger partial charge in [0.15, 0.2) is 5.75 Å². The molecule has 110 valence electrons. The smallest absolute Gasteiger partial charge is 0.402 e. The van der Waals surface area contributed by atoms with Crippen LogP contribution in [-0.4, -0.2) is 48.7 Å². The van der Waals surface area contributed by atoms with Gasteiger partial charge in [-0.1, -0.05) is 12.1 Å². The van der Waals surface area contributed by atoms with Gasteiger partial charge >= 0.3 is 7.82 Å². The summed E-state index contributed by atoms with van der Waals surface area (Å²) in [5.41, 5.74) is 0.842. The molecule has 20 heavy (non-hydrogen) atoms. The average molecular weight is 299 g/mol. The van der Waals surface area contributed by atoms with Crippen LogP contribution >= 0.6 is 7.82 Å². The molecule has 2 N–H and O–H groups in total. The van der Waals surface area contributed by atoms with Crippen molar-refractivity contribution in [2.45, 2.75) is 0 Å². The molecule has 0 bridgehead atoms. The van der Waals surface area contributed by atoms with Crippen LogP contribution in [0.1, 0.15) is 0 Å². The van der Waals surface area contributed by atoms with E-state index in [0.29, 0.717) is 16.8 Å². The summed E-state index contributed by atoms with van der Waals surface area (Å²) in [4.78, 5) is 12.7. The molecular formula is C13H20N2O4P+. The highest BCUT2D eigenvalue weighted by atomic mass is 31.2. The van der Waals surface area contributed by atoms with Crippen molar-refractivity contribution in [3.63, 3.8) is 0 Å². The Bertz CT molecular complexity index is 633. The molecule has 0 aliphatic heterocycles. The number of H-pyrrole nitrogens is 1. The fourth-order valence-electron chi connectivity index (χ4n) is 1.70. The van der Waals surface area contributed by atoms with E-state index in [-0.39, 0.29) is 6.61 Å². The molecular weight excluding hydrogens is 279 g/mol. The van der Waals surface area contributed by atoms with Crippen molar-refractivity contribution in [3.05, 3.63) is 30.5 Å². The van der Waals surface area contributed by atoms with E-state index in [1.54, 1.807) is 6.20 Å². The predicted molar refractivity (Wildman–Crippen MR) is 77.6 cm³/mol. The van der Waals surface area contributed by atoms with Crippen molar-refractivity contribution in [2.75, 3.05) is 34.3 Å². The molecule has 1 unspecified atom stereocenters. The zero-order valence-corrected chi connectivity index (χ0v) is 12.8. The molecule has 2 aromatic rings. The van der Waals surface area contributed by atoms with Crippen molar-refractivity contribution in [1.82, 2.24) is 4.98 Å². The maximum atomic E-state index is 11.9. The number of fused-ring (bicyclic) bond motifs is 1. The summed E-state index contributed by atoms with van der Waals surface area (Å²) in [7, 11) is 1.83. The van der Waals surface area contributed by atoms with Crippen molar-refractivity contribution < 1.29 is 23.0 Å². The van der Waals surface area contributed by atoms with Crippen molar-refractivity contribution in [1.29, 1.82) is 0 Å². The minimum absolute atomic E-state index is 0.152. The number of phosphoric acid groups is 1. The molecule has 2 rings (SSSR count). The van der Waals surface area contributed by atoms with Crippen LogP contribution in [0, 0.1) is 0 Å². The zero-order chi connectivity index (χ0) is 14.8. The minimum Gasteiger partial charge on any atom is -0.402 e. The third kappa shape index (κ3) is 4.08. The molecule has 6 nitrogen and oxygen atoms in total. The van der Waals surface area contributed by atoms with Crippen molar-refractivity contribution >= 4 is 18.7 Å². The fourth-order valence-corrected chi connectivity index (χ4v) is 2.47. The number of quaternary nitrogens is 1. The lowest BCUT2D eigenvalue weighted by Crippen LogP contribution is -2.37. The minimum atomic E-state index is -4.10.